The number of rotatable bonds is 4. The summed E-state index contributed by atoms with van der Waals surface area (Å²) in [6.07, 6.45) is 1.65. The summed E-state index contributed by atoms with van der Waals surface area (Å²) >= 11 is 1.55. The van der Waals surface area contributed by atoms with E-state index in [1.165, 1.54) is 0 Å². The van der Waals surface area contributed by atoms with Crippen LogP contribution in [0.25, 0.3) is 0 Å². The first-order valence-corrected chi connectivity index (χ1v) is 8.58. The Kier molecular flexibility index (Phi) is 4.56. The lowest BCUT2D eigenvalue weighted by molar-refractivity contribution is -0.125. The fourth-order valence-corrected chi connectivity index (χ4v) is 3.61. The van der Waals surface area contributed by atoms with Crippen LogP contribution in [-0.2, 0) is 20.8 Å². The van der Waals surface area contributed by atoms with E-state index in [0.29, 0.717) is 25.8 Å². The van der Waals surface area contributed by atoms with Crippen molar-refractivity contribution < 1.29 is 14.4 Å². The van der Waals surface area contributed by atoms with Gasteiger partial charge in [-0.1, -0.05) is 6.07 Å². The predicted molar refractivity (Wildman–Crippen MR) is 88.3 cm³/mol. The van der Waals surface area contributed by atoms with E-state index < -0.39 is 6.04 Å². The van der Waals surface area contributed by atoms with Crippen LogP contribution in [0.5, 0.6) is 0 Å². The van der Waals surface area contributed by atoms with Crippen LogP contribution >= 0.6 is 11.8 Å². The third kappa shape index (κ3) is 3.67. The van der Waals surface area contributed by atoms with E-state index in [1.54, 1.807) is 11.8 Å². The van der Waals surface area contributed by atoms with Crippen molar-refractivity contribution in [3.05, 3.63) is 23.8 Å². The molecular formula is C16H19N3O3S. The molecule has 3 amide bonds. The second-order valence-corrected chi connectivity index (χ2v) is 7.16. The fraction of sp³-hybridized carbons (Fsp3) is 0.438. The lowest BCUT2D eigenvalue weighted by atomic mass is 10.1. The molecule has 2 aliphatic heterocycles. The van der Waals surface area contributed by atoms with Gasteiger partial charge in [-0.25, -0.2) is 0 Å². The van der Waals surface area contributed by atoms with Crippen molar-refractivity contribution in [3.8, 4) is 0 Å². The number of hydrogen-bond acceptors (Lipinski definition) is 4. The van der Waals surface area contributed by atoms with Crippen molar-refractivity contribution in [3.63, 3.8) is 0 Å². The van der Waals surface area contributed by atoms with E-state index in [1.807, 2.05) is 25.1 Å². The Morgan fingerprint density at radius 2 is 2.22 bits per heavy atom. The molecule has 3 N–H and O–H groups in total. The summed E-state index contributed by atoms with van der Waals surface area (Å²) in [7, 11) is 0. The van der Waals surface area contributed by atoms with Gasteiger partial charge in [-0.2, -0.15) is 0 Å². The monoisotopic (exact) mass is 333 g/mol. The molecule has 7 heteroatoms. The number of thioether (sulfide) groups is 1. The Balaban J connectivity index is 1.53. The van der Waals surface area contributed by atoms with E-state index in [9.17, 15) is 14.4 Å². The summed E-state index contributed by atoms with van der Waals surface area (Å²) in [6, 6.07) is 5.57. The Bertz CT molecular complexity index is 662. The largest absolute Gasteiger partial charge is 0.354 e. The molecule has 122 valence electrons. The normalized spacial score (nSPS) is 23.0. The molecule has 2 atom stereocenters. The Morgan fingerprint density at radius 3 is 2.96 bits per heavy atom. The Morgan fingerprint density at radius 1 is 1.39 bits per heavy atom. The summed E-state index contributed by atoms with van der Waals surface area (Å²) < 4.78 is 0. The van der Waals surface area contributed by atoms with Gasteiger partial charge in [0.25, 0.3) is 0 Å². The number of fused-ring (bicyclic) bond motifs is 1. The topological polar surface area (TPSA) is 87.3 Å². The Labute approximate surface area is 138 Å². The van der Waals surface area contributed by atoms with Crippen molar-refractivity contribution in [1.82, 2.24) is 10.6 Å². The van der Waals surface area contributed by atoms with E-state index >= 15 is 0 Å². The highest BCUT2D eigenvalue weighted by atomic mass is 32.2. The van der Waals surface area contributed by atoms with Crippen LogP contribution in [0, 0.1) is 0 Å². The number of hydrogen-bond donors (Lipinski definition) is 3. The first-order chi connectivity index (χ1) is 11.0. The molecule has 2 unspecified atom stereocenters. The third-order valence-electron chi connectivity index (χ3n) is 4.00. The molecular weight excluding hydrogens is 314 g/mol. The SMILES string of the molecule is CC1Sc2ccc(CCNC(=O)C3CCC(=O)N3)cc2NC1=O. The van der Waals surface area contributed by atoms with Crippen molar-refractivity contribution in [2.75, 3.05) is 11.9 Å². The van der Waals surface area contributed by atoms with Gasteiger partial charge in [0.2, 0.25) is 17.7 Å². The molecule has 0 spiro atoms. The molecule has 2 aliphatic rings. The van der Waals surface area contributed by atoms with E-state index in [4.69, 9.17) is 0 Å². The van der Waals surface area contributed by atoms with Crippen molar-refractivity contribution >= 4 is 35.2 Å². The van der Waals surface area contributed by atoms with Crippen LogP contribution in [0.2, 0.25) is 0 Å². The molecule has 0 saturated carbocycles. The molecule has 23 heavy (non-hydrogen) atoms. The van der Waals surface area contributed by atoms with Gasteiger partial charge in [-0.15, -0.1) is 11.8 Å². The van der Waals surface area contributed by atoms with Gasteiger partial charge >= 0.3 is 0 Å². The molecule has 0 aliphatic carbocycles. The first kappa shape index (κ1) is 15.9. The van der Waals surface area contributed by atoms with Gasteiger partial charge < -0.3 is 16.0 Å². The molecule has 1 aromatic carbocycles. The number of benzene rings is 1. The molecule has 1 saturated heterocycles. The second kappa shape index (κ2) is 6.62. The molecule has 1 fully saturated rings. The van der Waals surface area contributed by atoms with Gasteiger partial charge in [-0.3, -0.25) is 14.4 Å². The zero-order valence-corrected chi connectivity index (χ0v) is 13.7. The van der Waals surface area contributed by atoms with E-state index in [2.05, 4.69) is 16.0 Å². The average molecular weight is 333 g/mol. The number of carbonyl (C=O) groups excluding carboxylic acids is 3. The molecule has 0 bridgehead atoms. The van der Waals surface area contributed by atoms with Crippen molar-refractivity contribution in [1.29, 1.82) is 0 Å². The van der Waals surface area contributed by atoms with Crippen LogP contribution in [0.15, 0.2) is 23.1 Å². The molecule has 3 rings (SSSR count). The second-order valence-electron chi connectivity index (χ2n) is 5.78. The summed E-state index contributed by atoms with van der Waals surface area (Å²) in [4.78, 5) is 35.8. The van der Waals surface area contributed by atoms with Gasteiger partial charge in [0, 0.05) is 17.9 Å². The standard InChI is InChI=1S/C16H19N3O3S/c1-9-15(21)19-12-8-10(2-4-13(12)23-9)6-7-17-16(22)11-3-5-14(20)18-11/h2,4,8-9,11H,3,5-7H2,1H3,(H,17,22)(H,18,20)(H,19,21). The number of anilines is 1. The fourth-order valence-electron chi connectivity index (χ4n) is 2.68. The average Bonchev–Trinajstić information content (AvgIpc) is 2.95. The molecule has 0 aromatic heterocycles. The van der Waals surface area contributed by atoms with Gasteiger partial charge in [0.15, 0.2) is 0 Å². The van der Waals surface area contributed by atoms with Crippen LogP contribution in [0.1, 0.15) is 25.3 Å². The minimum Gasteiger partial charge on any atom is -0.354 e. The molecule has 2 heterocycles. The van der Waals surface area contributed by atoms with E-state index in [-0.39, 0.29) is 23.0 Å². The third-order valence-corrected chi connectivity index (χ3v) is 5.18. The van der Waals surface area contributed by atoms with Gasteiger partial charge in [0.1, 0.15) is 6.04 Å². The maximum atomic E-state index is 11.9. The van der Waals surface area contributed by atoms with E-state index in [0.717, 1.165) is 16.1 Å². The zero-order chi connectivity index (χ0) is 16.4. The maximum Gasteiger partial charge on any atom is 0.242 e. The molecule has 0 radical (unpaired) electrons. The highest BCUT2D eigenvalue weighted by Crippen LogP contribution is 2.35. The van der Waals surface area contributed by atoms with Crippen molar-refractivity contribution in [2.24, 2.45) is 0 Å². The maximum absolute atomic E-state index is 11.9. The summed E-state index contributed by atoms with van der Waals surface area (Å²) in [5.41, 5.74) is 1.89. The predicted octanol–water partition coefficient (Wildman–Crippen LogP) is 1.06. The number of carbonyl (C=O) groups is 3. The summed E-state index contributed by atoms with van der Waals surface area (Å²) in [6.45, 7) is 2.38. The minimum absolute atomic E-state index is 0.0185. The van der Waals surface area contributed by atoms with Crippen LogP contribution in [-0.4, -0.2) is 35.6 Å². The molecule has 6 nitrogen and oxygen atoms in total. The number of nitrogens with one attached hydrogen (secondary N) is 3. The van der Waals surface area contributed by atoms with Gasteiger partial charge in [0.05, 0.1) is 10.9 Å². The van der Waals surface area contributed by atoms with Crippen LogP contribution in [0.4, 0.5) is 5.69 Å². The first-order valence-electron chi connectivity index (χ1n) is 7.70. The minimum atomic E-state index is -0.400. The quantitative estimate of drug-likeness (QED) is 0.769. The highest BCUT2D eigenvalue weighted by molar-refractivity contribution is 8.00. The highest BCUT2D eigenvalue weighted by Gasteiger charge is 2.27. The summed E-state index contributed by atoms with van der Waals surface area (Å²) in [5.74, 6) is -0.182. The lowest BCUT2D eigenvalue weighted by Crippen LogP contribution is -2.42. The van der Waals surface area contributed by atoms with Crippen LogP contribution in [0.3, 0.4) is 0 Å². The van der Waals surface area contributed by atoms with Gasteiger partial charge in [-0.05, 0) is 37.5 Å². The van der Waals surface area contributed by atoms with Crippen LogP contribution < -0.4 is 16.0 Å². The zero-order valence-electron chi connectivity index (χ0n) is 12.8. The number of amides is 3. The lowest BCUT2D eigenvalue weighted by Gasteiger charge is -2.22. The smallest absolute Gasteiger partial charge is 0.242 e. The molecule has 1 aromatic rings. The summed E-state index contributed by atoms with van der Waals surface area (Å²) in [5, 5.41) is 8.32. The van der Waals surface area contributed by atoms with Crippen molar-refractivity contribution in [2.45, 2.75) is 42.4 Å². The Hall–Kier alpha value is -2.02.